The first-order valence-electron chi connectivity index (χ1n) is 16.0. The number of carbonyl (C=O) groups excluding carboxylic acids is 2. The second-order valence-corrected chi connectivity index (χ2v) is 10.2. The van der Waals surface area contributed by atoms with E-state index in [1.807, 2.05) is 12.2 Å². The van der Waals surface area contributed by atoms with Gasteiger partial charge in [0.1, 0.15) is 6.61 Å². The van der Waals surface area contributed by atoms with E-state index in [9.17, 15) is 14.7 Å². The maximum absolute atomic E-state index is 12.0. The monoisotopic (exact) mass is 570 g/mol. The van der Waals surface area contributed by atoms with Crippen LogP contribution in [0.25, 0.3) is 0 Å². The number of rotatable bonds is 27. The summed E-state index contributed by atoms with van der Waals surface area (Å²) in [5, 5.41) is 9.45. The molecular formula is C36H58O5. The Bertz CT molecular complexity index is 788. The van der Waals surface area contributed by atoms with E-state index in [2.05, 4.69) is 74.6 Å². The van der Waals surface area contributed by atoms with Gasteiger partial charge in [0, 0.05) is 12.8 Å². The van der Waals surface area contributed by atoms with Gasteiger partial charge in [-0.3, -0.25) is 9.59 Å². The standard InChI is InChI=1S/C36H58O5/c1-3-5-7-9-11-13-14-15-16-17-18-19-20-21-22-23-25-27-29-31-36(39)41-34(32-37)33-40-35(38)30-28-26-24-12-10-8-6-4-2/h5,7,11,13,15-16,18-19,21-22,25,27,34,37H,3-4,6,8-10,12,14,17,20,23-24,26,28-33H2,1-2H3/b7-5+,13-11+,16-15+,19-18+,22-21+,27-25+/t34-/m0/s1. The van der Waals surface area contributed by atoms with E-state index < -0.39 is 12.1 Å². The fourth-order valence-corrected chi connectivity index (χ4v) is 3.87. The minimum atomic E-state index is -0.810. The third-order valence-electron chi connectivity index (χ3n) is 6.28. The van der Waals surface area contributed by atoms with Crippen LogP contribution in [0.3, 0.4) is 0 Å². The Balaban J connectivity index is 3.79. The summed E-state index contributed by atoms with van der Waals surface area (Å²) in [7, 11) is 0. The number of aliphatic hydroxyl groups is 1. The molecular weight excluding hydrogens is 512 g/mol. The van der Waals surface area contributed by atoms with Crippen LogP contribution < -0.4 is 0 Å². The van der Waals surface area contributed by atoms with Crippen molar-refractivity contribution in [2.75, 3.05) is 13.2 Å². The van der Waals surface area contributed by atoms with Gasteiger partial charge in [-0.05, 0) is 51.4 Å². The Morgan fingerprint density at radius 2 is 1.05 bits per heavy atom. The average Bonchev–Trinajstić information content (AvgIpc) is 2.97. The van der Waals surface area contributed by atoms with E-state index in [0.29, 0.717) is 12.8 Å². The molecule has 41 heavy (non-hydrogen) atoms. The molecule has 0 aromatic carbocycles. The zero-order valence-electron chi connectivity index (χ0n) is 26.0. The van der Waals surface area contributed by atoms with E-state index >= 15 is 0 Å². The molecule has 5 nitrogen and oxygen atoms in total. The molecule has 0 bridgehead atoms. The molecule has 0 fully saturated rings. The quantitative estimate of drug-likeness (QED) is 0.0605. The van der Waals surface area contributed by atoms with Crippen molar-refractivity contribution in [1.29, 1.82) is 0 Å². The molecule has 0 aliphatic heterocycles. The van der Waals surface area contributed by atoms with Crippen molar-refractivity contribution in [3.63, 3.8) is 0 Å². The SMILES string of the molecule is CC/C=C/C/C=C/C/C=C/C/C=C/C/C=C/C/C=C/CCC(=O)O[C@@H](CO)COC(=O)CCCCCCCCCC. The van der Waals surface area contributed by atoms with Crippen molar-refractivity contribution in [1.82, 2.24) is 0 Å². The van der Waals surface area contributed by atoms with Crippen LogP contribution in [-0.4, -0.2) is 36.4 Å². The zero-order valence-corrected chi connectivity index (χ0v) is 26.0. The Morgan fingerprint density at radius 1 is 0.585 bits per heavy atom. The summed E-state index contributed by atoms with van der Waals surface area (Å²) >= 11 is 0. The maximum atomic E-state index is 12.0. The molecule has 0 radical (unpaired) electrons. The van der Waals surface area contributed by atoms with Gasteiger partial charge in [0.25, 0.3) is 0 Å². The molecule has 0 aliphatic rings. The molecule has 0 rings (SSSR count). The zero-order chi connectivity index (χ0) is 30.1. The number of allylic oxidation sites excluding steroid dienone is 12. The molecule has 232 valence electrons. The number of carbonyl (C=O) groups is 2. The van der Waals surface area contributed by atoms with Gasteiger partial charge in [0.15, 0.2) is 6.10 Å². The maximum Gasteiger partial charge on any atom is 0.306 e. The Morgan fingerprint density at radius 3 is 1.54 bits per heavy atom. The molecule has 0 spiro atoms. The van der Waals surface area contributed by atoms with Crippen LogP contribution in [-0.2, 0) is 19.1 Å². The minimum absolute atomic E-state index is 0.0992. The highest BCUT2D eigenvalue weighted by Gasteiger charge is 2.15. The summed E-state index contributed by atoms with van der Waals surface area (Å²) < 4.78 is 10.4. The van der Waals surface area contributed by atoms with Crippen molar-refractivity contribution in [3.8, 4) is 0 Å². The van der Waals surface area contributed by atoms with Gasteiger partial charge in [-0.25, -0.2) is 0 Å². The lowest BCUT2D eigenvalue weighted by molar-refractivity contribution is -0.161. The lowest BCUT2D eigenvalue weighted by atomic mass is 10.1. The van der Waals surface area contributed by atoms with Crippen molar-refractivity contribution >= 4 is 11.9 Å². The van der Waals surface area contributed by atoms with Gasteiger partial charge in [-0.15, -0.1) is 0 Å². The molecule has 5 heteroatoms. The first-order valence-corrected chi connectivity index (χ1v) is 16.0. The smallest absolute Gasteiger partial charge is 0.306 e. The fourth-order valence-electron chi connectivity index (χ4n) is 3.87. The van der Waals surface area contributed by atoms with E-state index in [-0.39, 0.29) is 25.6 Å². The topological polar surface area (TPSA) is 72.8 Å². The lowest BCUT2D eigenvalue weighted by Crippen LogP contribution is -2.28. The van der Waals surface area contributed by atoms with Crippen molar-refractivity contribution in [2.45, 2.75) is 129 Å². The molecule has 0 heterocycles. The summed E-state index contributed by atoms with van der Waals surface area (Å²) in [5.74, 6) is -0.703. The summed E-state index contributed by atoms with van der Waals surface area (Å²) in [6, 6.07) is 0. The number of ether oxygens (including phenoxy) is 2. The summed E-state index contributed by atoms with van der Waals surface area (Å²) in [4.78, 5) is 24.0. The third kappa shape index (κ3) is 30.1. The molecule has 1 atom stereocenters. The lowest BCUT2D eigenvalue weighted by Gasteiger charge is -2.15. The Hall–Kier alpha value is -2.66. The number of unbranched alkanes of at least 4 members (excludes halogenated alkanes) is 7. The molecule has 0 unspecified atom stereocenters. The number of hydrogen-bond donors (Lipinski definition) is 1. The molecule has 0 aliphatic carbocycles. The average molecular weight is 571 g/mol. The molecule has 1 N–H and O–H groups in total. The van der Waals surface area contributed by atoms with Crippen LogP contribution >= 0.6 is 0 Å². The van der Waals surface area contributed by atoms with Gasteiger partial charge in [-0.1, -0.05) is 132 Å². The van der Waals surface area contributed by atoms with Crippen molar-refractivity contribution in [2.24, 2.45) is 0 Å². The van der Waals surface area contributed by atoms with E-state index in [4.69, 9.17) is 9.47 Å². The molecule has 0 amide bonds. The first-order chi connectivity index (χ1) is 20.1. The second kappa shape index (κ2) is 31.9. The van der Waals surface area contributed by atoms with Gasteiger partial charge in [0.2, 0.25) is 0 Å². The predicted octanol–water partition coefficient (Wildman–Crippen LogP) is 9.44. The number of hydrogen-bond acceptors (Lipinski definition) is 5. The van der Waals surface area contributed by atoms with Crippen LogP contribution in [0.2, 0.25) is 0 Å². The normalized spacial score (nSPS) is 13.1. The van der Waals surface area contributed by atoms with E-state index in [1.165, 1.54) is 32.1 Å². The van der Waals surface area contributed by atoms with Crippen LogP contribution in [0.4, 0.5) is 0 Å². The largest absolute Gasteiger partial charge is 0.462 e. The Kier molecular flexibility index (Phi) is 29.8. The summed E-state index contributed by atoms with van der Waals surface area (Å²) in [6.45, 7) is 3.89. The van der Waals surface area contributed by atoms with E-state index in [1.54, 1.807) is 0 Å². The van der Waals surface area contributed by atoms with Crippen LogP contribution in [0, 0.1) is 0 Å². The summed E-state index contributed by atoms with van der Waals surface area (Å²) in [5.41, 5.74) is 0. The third-order valence-corrected chi connectivity index (χ3v) is 6.28. The van der Waals surface area contributed by atoms with Crippen LogP contribution in [0.15, 0.2) is 72.9 Å². The number of esters is 2. The Labute approximate surface area is 251 Å². The first kappa shape index (κ1) is 38.3. The fraction of sp³-hybridized carbons (Fsp3) is 0.611. The molecule has 0 saturated carbocycles. The van der Waals surface area contributed by atoms with Gasteiger partial charge < -0.3 is 14.6 Å². The highest BCUT2D eigenvalue weighted by molar-refractivity contribution is 5.70. The minimum Gasteiger partial charge on any atom is -0.462 e. The van der Waals surface area contributed by atoms with Crippen LogP contribution in [0.1, 0.15) is 123 Å². The predicted molar refractivity (Wildman–Crippen MR) is 173 cm³/mol. The number of aliphatic hydroxyl groups excluding tert-OH is 1. The van der Waals surface area contributed by atoms with Gasteiger partial charge in [-0.2, -0.15) is 0 Å². The second-order valence-electron chi connectivity index (χ2n) is 10.2. The van der Waals surface area contributed by atoms with E-state index in [0.717, 1.165) is 57.8 Å². The molecule has 0 aromatic heterocycles. The summed E-state index contributed by atoms with van der Waals surface area (Å²) in [6.07, 6.45) is 41.1. The van der Waals surface area contributed by atoms with Crippen LogP contribution in [0.5, 0.6) is 0 Å². The van der Waals surface area contributed by atoms with Crippen molar-refractivity contribution < 1.29 is 24.2 Å². The molecule has 0 aromatic rings. The van der Waals surface area contributed by atoms with Crippen molar-refractivity contribution in [3.05, 3.63) is 72.9 Å². The molecule has 0 saturated heterocycles. The highest BCUT2D eigenvalue weighted by Crippen LogP contribution is 2.10. The van der Waals surface area contributed by atoms with Gasteiger partial charge in [0.05, 0.1) is 6.61 Å². The van der Waals surface area contributed by atoms with Gasteiger partial charge >= 0.3 is 11.9 Å². The highest BCUT2D eigenvalue weighted by atomic mass is 16.6.